The molecule has 5 rings (SSSR count). The average Bonchev–Trinajstić information content (AvgIpc) is 3.17. The largest absolute Gasteiger partial charge is 0.497 e. The Labute approximate surface area is 202 Å². The van der Waals surface area contributed by atoms with E-state index < -0.39 is 6.04 Å². The molecule has 0 fully saturated rings. The Hall–Kier alpha value is -3.97. The van der Waals surface area contributed by atoms with Crippen LogP contribution in [0, 0.1) is 6.92 Å². The van der Waals surface area contributed by atoms with Crippen LogP contribution in [0.5, 0.6) is 5.75 Å². The first kappa shape index (κ1) is 21.9. The predicted octanol–water partition coefficient (Wildman–Crippen LogP) is 5.16. The van der Waals surface area contributed by atoms with Gasteiger partial charge in [0.1, 0.15) is 17.6 Å². The number of fused-ring (bicyclic) bond motifs is 3. The summed E-state index contributed by atoms with van der Waals surface area (Å²) in [5.41, 5.74) is 4.07. The fourth-order valence-corrected chi connectivity index (χ4v) is 4.21. The van der Waals surface area contributed by atoms with Crippen molar-refractivity contribution < 1.29 is 9.53 Å². The van der Waals surface area contributed by atoms with Crippen LogP contribution in [-0.4, -0.2) is 33.5 Å². The van der Waals surface area contributed by atoms with Gasteiger partial charge in [-0.3, -0.25) is 14.4 Å². The summed E-state index contributed by atoms with van der Waals surface area (Å²) in [5, 5.41) is 12.3. The first-order valence-corrected chi connectivity index (χ1v) is 11.2. The summed E-state index contributed by atoms with van der Waals surface area (Å²) >= 11 is 6.15. The standard InChI is InChI=1S/C26H22ClN5O2/c1-16-30-31-26-22(15-24(33)28-19-6-4-3-5-7-19)29-25(17-8-10-18(27)11-9-17)21-14-20(34-2)12-13-23(21)32(16)26/h3-14,22H,15H2,1-2H3,(H,28,33)/t22-/m0/s1. The minimum absolute atomic E-state index is 0.106. The second-order valence-electron chi connectivity index (χ2n) is 7.94. The third-order valence-electron chi connectivity index (χ3n) is 5.69. The van der Waals surface area contributed by atoms with Gasteiger partial charge in [-0.2, -0.15) is 0 Å². The van der Waals surface area contributed by atoms with E-state index in [4.69, 9.17) is 21.3 Å². The Morgan fingerprint density at radius 1 is 1.06 bits per heavy atom. The molecule has 8 heteroatoms. The fraction of sp³-hybridized carbons (Fsp3) is 0.154. The monoisotopic (exact) mass is 471 g/mol. The van der Waals surface area contributed by atoms with Gasteiger partial charge in [-0.25, -0.2) is 0 Å². The Kier molecular flexibility index (Phi) is 5.86. The van der Waals surface area contributed by atoms with Crippen LogP contribution in [0.15, 0.2) is 77.8 Å². The predicted molar refractivity (Wildman–Crippen MR) is 132 cm³/mol. The number of amides is 1. The molecule has 1 aliphatic heterocycles. The molecule has 1 atom stereocenters. The number of aliphatic imine (C=N–C) groups is 1. The number of aryl methyl sites for hydroxylation is 1. The first-order valence-electron chi connectivity index (χ1n) is 10.8. The van der Waals surface area contributed by atoms with E-state index in [0.29, 0.717) is 22.4 Å². The molecule has 1 amide bonds. The summed E-state index contributed by atoms with van der Waals surface area (Å²) in [6.45, 7) is 1.89. The molecule has 1 aliphatic rings. The average molecular weight is 472 g/mol. The van der Waals surface area contributed by atoms with Gasteiger partial charge in [-0.1, -0.05) is 41.9 Å². The van der Waals surface area contributed by atoms with Gasteiger partial charge in [0.05, 0.1) is 24.9 Å². The number of halogens is 1. The summed E-state index contributed by atoms with van der Waals surface area (Å²) < 4.78 is 7.46. The minimum Gasteiger partial charge on any atom is -0.497 e. The Balaban J connectivity index is 1.64. The van der Waals surface area contributed by atoms with E-state index >= 15 is 0 Å². The third-order valence-corrected chi connectivity index (χ3v) is 5.94. The lowest BCUT2D eigenvalue weighted by molar-refractivity contribution is -0.116. The number of anilines is 1. The SMILES string of the molecule is COc1ccc2c(c1)C(c1ccc(Cl)cc1)=N[C@@H](CC(=O)Nc1ccccc1)c1nnc(C)n1-2. The molecule has 0 radical (unpaired) electrons. The molecular formula is C26H22ClN5O2. The normalized spacial score (nSPS) is 14.4. The molecule has 4 aromatic rings. The van der Waals surface area contributed by atoms with E-state index in [9.17, 15) is 4.79 Å². The van der Waals surface area contributed by atoms with E-state index in [1.54, 1.807) is 7.11 Å². The molecule has 0 spiro atoms. The van der Waals surface area contributed by atoms with Crippen LogP contribution < -0.4 is 10.1 Å². The number of ether oxygens (including phenoxy) is 1. The Morgan fingerprint density at radius 2 is 1.82 bits per heavy atom. The van der Waals surface area contributed by atoms with Crippen molar-refractivity contribution >= 4 is 28.9 Å². The van der Waals surface area contributed by atoms with Crippen molar-refractivity contribution in [3.63, 3.8) is 0 Å². The van der Waals surface area contributed by atoms with Gasteiger partial charge in [0.2, 0.25) is 5.91 Å². The number of methoxy groups -OCH3 is 1. The number of para-hydroxylation sites is 1. The van der Waals surface area contributed by atoms with E-state index in [1.165, 1.54) is 0 Å². The third kappa shape index (κ3) is 4.18. The maximum Gasteiger partial charge on any atom is 0.227 e. The zero-order valence-corrected chi connectivity index (χ0v) is 19.5. The quantitative estimate of drug-likeness (QED) is 0.436. The van der Waals surface area contributed by atoms with Crippen LogP contribution in [0.3, 0.4) is 0 Å². The summed E-state index contributed by atoms with van der Waals surface area (Å²) in [6.07, 6.45) is 0.106. The summed E-state index contributed by atoms with van der Waals surface area (Å²) in [5.74, 6) is 1.86. The molecule has 0 bridgehead atoms. The summed E-state index contributed by atoms with van der Waals surface area (Å²) in [7, 11) is 1.63. The zero-order chi connectivity index (χ0) is 23.7. The topological polar surface area (TPSA) is 81.4 Å². The van der Waals surface area contributed by atoms with Crippen molar-refractivity contribution in [1.29, 1.82) is 0 Å². The lowest BCUT2D eigenvalue weighted by Crippen LogP contribution is -2.17. The molecule has 0 unspecified atom stereocenters. The maximum absolute atomic E-state index is 13.0. The van der Waals surface area contributed by atoms with E-state index in [2.05, 4.69) is 15.5 Å². The van der Waals surface area contributed by atoms with Gasteiger partial charge in [-0.15, -0.1) is 10.2 Å². The van der Waals surface area contributed by atoms with Crippen molar-refractivity contribution in [2.45, 2.75) is 19.4 Å². The molecule has 1 aromatic heterocycles. The van der Waals surface area contributed by atoms with E-state index in [-0.39, 0.29) is 12.3 Å². The second kappa shape index (κ2) is 9.11. The van der Waals surface area contributed by atoms with Crippen LogP contribution in [0.1, 0.15) is 35.2 Å². The highest BCUT2D eigenvalue weighted by Gasteiger charge is 2.30. The Bertz CT molecular complexity index is 1380. The molecule has 0 saturated heterocycles. The lowest BCUT2D eigenvalue weighted by Gasteiger charge is -2.14. The van der Waals surface area contributed by atoms with Gasteiger partial charge in [0.15, 0.2) is 5.82 Å². The van der Waals surface area contributed by atoms with Gasteiger partial charge in [-0.05, 0) is 49.4 Å². The van der Waals surface area contributed by atoms with E-state index in [1.807, 2.05) is 84.3 Å². The number of carbonyl (C=O) groups is 1. The van der Waals surface area contributed by atoms with Crippen LogP contribution in [0.2, 0.25) is 5.02 Å². The Morgan fingerprint density at radius 3 is 2.56 bits per heavy atom. The molecule has 3 aromatic carbocycles. The lowest BCUT2D eigenvalue weighted by atomic mass is 10.00. The highest BCUT2D eigenvalue weighted by Crippen LogP contribution is 2.34. The van der Waals surface area contributed by atoms with Crippen LogP contribution in [0.4, 0.5) is 5.69 Å². The minimum atomic E-state index is -0.547. The molecule has 2 heterocycles. The van der Waals surface area contributed by atoms with Gasteiger partial charge in [0.25, 0.3) is 0 Å². The summed E-state index contributed by atoms with van der Waals surface area (Å²) in [4.78, 5) is 18.1. The molecule has 170 valence electrons. The van der Waals surface area contributed by atoms with Gasteiger partial charge >= 0.3 is 0 Å². The first-order chi connectivity index (χ1) is 16.5. The van der Waals surface area contributed by atoms with Crippen molar-refractivity contribution in [3.05, 3.63) is 101 Å². The molecule has 1 N–H and O–H groups in total. The number of nitrogens with one attached hydrogen (secondary N) is 1. The van der Waals surface area contributed by atoms with Crippen molar-refractivity contribution in [3.8, 4) is 11.4 Å². The maximum atomic E-state index is 13.0. The van der Waals surface area contributed by atoms with Gasteiger partial charge in [0, 0.05) is 21.8 Å². The number of hydrogen-bond donors (Lipinski definition) is 1. The molecule has 0 saturated carbocycles. The molecule has 0 aliphatic carbocycles. The fourth-order valence-electron chi connectivity index (χ4n) is 4.09. The van der Waals surface area contributed by atoms with Crippen molar-refractivity contribution in [1.82, 2.24) is 14.8 Å². The molecular weight excluding hydrogens is 450 g/mol. The van der Waals surface area contributed by atoms with E-state index in [0.717, 1.165) is 28.2 Å². The zero-order valence-electron chi connectivity index (χ0n) is 18.7. The number of benzene rings is 3. The second-order valence-corrected chi connectivity index (χ2v) is 8.38. The van der Waals surface area contributed by atoms with Crippen molar-refractivity contribution in [2.24, 2.45) is 4.99 Å². The summed E-state index contributed by atoms with van der Waals surface area (Å²) in [6, 6.07) is 22.1. The van der Waals surface area contributed by atoms with Crippen LogP contribution >= 0.6 is 11.6 Å². The highest BCUT2D eigenvalue weighted by molar-refractivity contribution is 6.30. The molecule has 34 heavy (non-hydrogen) atoms. The van der Waals surface area contributed by atoms with Gasteiger partial charge < -0.3 is 10.1 Å². The number of nitrogens with zero attached hydrogens (tertiary/aromatic N) is 4. The molecule has 7 nitrogen and oxygen atoms in total. The highest BCUT2D eigenvalue weighted by atomic mass is 35.5. The van der Waals surface area contributed by atoms with Crippen molar-refractivity contribution in [2.75, 3.05) is 12.4 Å². The van der Waals surface area contributed by atoms with Crippen LogP contribution in [0.25, 0.3) is 5.69 Å². The number of aromatic nitrogens is 3. The number of carbonyl (C=O) groups excluding carboxylic acids is 1. The van der Waals surface area contributed by atoms with Crippen LogP contribution in [-0.2, 0) is 4.79 Å². The number of rotatable bonds is 5. The smallest absolute Gasteiger partial charge is 0.227 e. The number of hydrogen-bond acceptors (Lipinski definition) is 5.